The fourth-order valence-corrected chi connectivity index (χ4v) is 3.54. The Labute approximate surface area is 183 Å². The topological polar surface area (TPSA) is 99.8 Å². The van der Waals surface area contributed by atoms with Crippen LogP contribution < -0.4 is 16.2 Å². The summed E-state index contributed by atoms with van der Waals surface area (Å²) in [4.78, 5) is 35.9. The molecule has 0 aliphatic heterocycles. The van der Waals surface area contributed by atoms with Gasteiger partial charge in [-0.3, -0.25) is 9.59 Å². The van der Waals surface area contributed by atoms with Crippen LogP contribution in [0.5, 0.6) is 0 Å². The van der Waals surface area contributed by atoms with Crippen molar-refractivity contribution in [3.8, 4) is 0 Å². The zero-order chi connectivity index (χ0) is 22.1. The molecule has 0 aliphatic rings. The van der Waals surface area contributed by atoms with E-state index in [9.17, 15) is 9.59 Å². The Bertz CT molecular complexity index is 1520. The molecule has 0 fully saturated rings. The first-order valence-electron chi connectivity index (χ1n) is 10.1. The zero-order valence-electron chi connectivity index (χ0n) is 17.2. The molecule has 3 N–H and O–H groups in total. The second kappa shape index (κ2) is 7.96. The fraction of sp³-hybridized carbons (Fsp3) is 0.0400. The number of nitrogens with zero attached hydrogens (tertiary/aromatic N) is 2. The molecule has 5 aromatic rings. The molecule has 0 unspecified atom stereocenters. The quantitative estimate of drug-likeness (QED) is 0.388. The van der Waals surface area contributed by atoms with Crippen molar-refractivity contribution in [2.45, 2.75) is 6.92 Å². The van der Waals surface area contributed by atoms with Gasteiger partial charge >= 0.3 is 0 Å². The van der Waals surface area contributed by atoms with E-state index in [2.05, 4.69) is 25.6 Å². The molecule has 156 valence electrons. The number of para-hydroxylation sites is 1. The molecule has 0 aliphatic carbocycles. The Balaban J connectivity index is 1.33. The van der Waals surface area contributed by atoms with E-state index in [4.69, 9.17) is 0 Å². The third-order valence-electron chi connectivity index (χ3n) is 5.24. The van der Waals surface area contributed by atoms with Crippen LogP contribution in [0.15, 0.2) is 83.9 Å². The minimum atomic E-state index is -0.218. The van der Waals surface area contributed by atoms with Gasteiger partial charge < -0.3 is 15.6 Å². The van der Waals surface area contributed by atoms with E-state index in [0.29, 0.717) is 22.6 Å². The lowest BCUT2D eigenvalue weighted by Crippen LogP contribution is -2.12. The van der Waals surface area contributed by atoms with E-state index in [1.807, 2.05) is 42.5 Å². The molecule has 0 saturated carbocycles. The highest BCUT2D eigenvalue weighted by Gasteiger charge is 2.09. The normalized spacial score (nSPS) is 10.9. The molecule has 1 amide bonds. The lowest BCUT2D eigenvalue weighted by Gasteiger charge is -2.10. The SMILES string of the molecule is Cc1cc2cc(NC(=O)c3ccc(Nc4ncnc5ccccc45)cc3)ccc2[nH]c1=O. The molecule has 2 aromatic heterocycles. The van der Waals surface area contributed by atoms with E-state index >= 15 is 0 Å². The summed E-state index contributed by atoms with van der Waals surface area (Å²) in [7, 11) is 0. The minimum Gasteiger partial charge on any atom is -0.340 e. The minimum absolute atomic E-state index is 0.113. The summed E-state index contributed by atoms with van der Waals surface area (Å²) in [6.07, 6.45) is 1.52. The number of benzene rings is 3. The number of hydrogen-bond acceptors (Lipinski definition) is 5. The standard InChI is InChI=1S/C25H19N5O2/c1-15-12-17-13-19(10-11-21(17)30-24(15)31)29-25(32)16-6-8-18(9-7-16)28-23-20-4-2-3-5-22(20)26-14-27-23/h2-14H,1H3,(H,29,32)(H,30,31)(H,26,27,28). The third-order valence-corrected chi connectivity index (χ3v) is 5.24. The molecule has 0 bridgehead atoms. The number of aromatic amines is 1. The van der Waals surface area contributed by atoms with E-state index in [0.717, 1.165) is 27.5 Å². The summed E-state index contributed by atoms with van der Waals surface area (Å²) in [5.74, 6) is 0.488. The van der Waals surface area contributed by atoms with Crippen LogP contribution in [0.25, 0.3) is 21.8 Å². The van der Waals surface area contributed by atoms with Crippen LogP contribution in [-0.4, -0.2) is 20.9 Å². The number of carbonyl (C=O) groups excluding carboxylic acids is 1. The number of hydrogen-bond donors (Lipinski definition) is 3. The van der Waals surface area contributed by atoms with Crippen LogP contribution in [-0.2, 0) is 0 Å². The van der Waals surface area contributed by atoms with E-state index in [1.54, 1.807) is 37.3 Å². The average Bonchev–Trinajstić information content (AvgIpc) is 2.81. The smallest absolute Gasteiger partial charge is 0.255 e. The number of aromatic nitrogens is 3. The molecule has 0 atom stereocenters. The van der Waals surface area contributed by atoms with Crippen LogP contribution in [0.1, 0.15) is 15.9 Å². The van der Waals surface area contributed by atoms with Crippen LogP contribution >= 0.6 is 0 Å². The van der Waals surface area contributed by atoms with Crippen molar-refractivity contribution in [3.63, 3.8) is 0 Å². The zero-order valence-corrected chi connectivity index (χ0v) is 17.2. The van der Waals surface area contributed by atoms with Crippen LogP contribution in [0.4, 0.5) is 17.2 Å². The molecular formula is C25H19N5O2. The number of carbonyl (C=O) groups is 1. The number of amides is 1. The van der Waals surface area contributed by atoms with Crippen molar-refractivity contribution in [1.29, 1.82) is 0 Å². The molecule has 32 heavy (non-hydrogen) atoms. The van der Waals surface area contributed by atoms with Gasteiger partial charge in [-0.1, -0.05) is 12.1 Å². The highest BCUT2D eigenvalue weighted by molar-refractivity contribution is 6.05. The summed E-state index contributed by atoms with van der Waals surface area (Å²) >= 11 is 0. The fourth-order valence-electron chi connectivity index (χ4n) is 3.54. The van der Waals surface area contributed by atoms with Crippen molar-refractivity contribution in [1.82, 2.24) is 15.0 Å². The first-order valence-corrected chi connectivity index (χ1v) is 10.1. The van der Waals surface area contributed by atoms with Crippen molar-refractivity contribution in [2.24, 2.45) is 0 Å². The first kappa shape index (κ1) is 19.4. The number of aryl methyl sites for hydroxylation is 1. The van der Waals surface area contributed by atoms with Gasteiger partial charge in [0, 0.05) is 38.8 Å². The average molecular weight is 421 g/mol. The van der Waals surface area contributed by atoms with Gasteiger partial charge in [-0.25, -0.2) is 9.97 Å². The van der Waals surface area contributed by atoms with E-state index < -0.39 is 0 Å². The number of pyridine rings is 1. The predicted octanol–water partition coefficient (Wildman–Crippen LogP) is 4.78. The van der Waals surface area contributed by atoms with E-state index in [-0.39, 0.29) is 11.5 Å². The van der Waals surface area contributed by atoms with Gasteiger partial charge in [0.1, 0.15) is 12.1 Å². The number of H-pyrrole nitrogens is 1. The van der Waals surface area contributed by atoms with Gasteiger partial charge in [0.2, 0.25) is 0 Å². The highest BCUT2D eigenvalue weighted by Crippen LogP contribution is 2.23. The highest BCUT2D eigenvalue weighted by atomic mass is 16.1. The van der Waals surface area contributed by atoms with Crippen molar-refractivity contribution < 1.29 is 4.79 Å². The van der Waals surface area contributed by atoms with Crippen molar-refractivity contribution >= 4 is 44.9 Å². The number of nitrogens with one attached hydrogen (secondary N) is 3. The molecular weight excluding hydrogens is 402 g/mol. The first-order chi connectivity index (χ1) is 15.6. The maximum atomic E-state index is 12.7. The van der Waals surface area contributed by atoms with Crippen LogP contribution in [0, 0.1) is 6.92 Å². The summed E-state index contributed by atoms with van der Waals surface area (Å²) in [6.45, 7) is 1.75. The molecule has 0 radical (unpaired) electrons. The van der Waals surface area contributed by atoms with Crippen LogP contribution in [0.3, 0.4) is 0 Å². The third kappa shape index (κ3) is 3.79. The summed E-state index contributed by atoms with van der Waals surface area (Å²) in [5, 5.41) is 7.97. The van der Waals surface area contributed by atoms with Crippen LogP contribution in [0.2, 0.25) is 0 Å². The number of anilines is 3. The second-order valence-electron chi connectivity index (χ2n) is 7.48. The number of fused-ring (bicyclic) bond motifs is 2. The Morgan fingerprint density at radius 2 is 1.69 bits per heavy atom. The maximum absolute atomic E-state index is 12.7. The van der Waals surface area contributed by atoms with Gasteiger partial charge in [0.05, 0.1) is 5.52 Å². The Kier molecular flexibility index (Phi) is 4.84. The van der Waals surface area contributed by atoms with Gasteiger partial charge in [-0.15, -0.1) is 0 Å². The summed E-state index contributed by atoms with van der Waals surface area (Å²) < 4.78 is 0. The Morgan fingerprint density at radius 3 is 2.53 bits per heavy atom. The van der Waals surface area contributed by atoms with Gasteiger partial charge in [0.25, 0.3) is 11.5 Å². The van der Waals surface area contributed by atoms with Gasteiger partial charge in [-0.2, -0.15) is 0 Å². The van der Waals surface area contributed by atoms with Crippen molar-refractivity contribution in [2.75, 3.05) is 10.6 Å². The van der Waals surface area contributed by atoms with Gasteiger partial charge in [0.15, 0.2) is 0 Å². The van der Waals surface area contributed by atoms with Gasteiger partial charge in [-0.05, 0) is 67.6 Å². The number of rotatable bonds is 4. The maximum Gasteiger partial charge on any atom is 0.255 e. The Hall–Kier alpha value is -4.52. The summed E-state index contributed by atoms with van der Waals surface area (Å²) in [6, 6.07) is 22.1. The largest absolute Gasteiger partial charge is 0.340 e. The molecule has 0 spiro atoms. The molecule has 5 rings (SSSR count). The Morgan fingerprint density at radius 1 is 0.906 bits per heavy atom. The summed E-state index contributed by atoms with van der Waals surface area (Å²) in [5.41, 5.74) is 4.10. The molecule has 3 aromatic carbocycles. The molecule has 7 heteroatoms. The predicted molar refractivity (Wildman–Crippen MR) is 127 cm³/mol. The monoisotopic (exact) mass is 421 g/mol. The molecule has 2 heterocycles. The molecule has 7 nitrogen and oxygen atoms in total. The second-order valence-corrected chi connectivity index (χ2v) is 7.48. The lowest BCUT2D eigenvalue weighted by molar-refractivity contribution is 0.102. The van der Waals surface area contributed by atoms with Crippen molar-refractivity contribution in [3.05, 3.63) is 101 Å². The lowest BCUT2D eigenvalue weighted by atomic mass is 10.1. The molecule has 0 saturated heterocycles. The van der Waals surface area contributed by atoms with E-state index in [1.165, 1.54) is 6.33 Å².